The molecule has 2 aromatic rings. The predicted molar refractivity (Wildman–Crippen MR) is 90.5 cm³/mol. The van der Waals surface area contributed by atoms with Crippen LogP contribution in [0.2, 0.25) is 0 Å². The average Bonchev–Trinajstić information content (AvgIpc) is 2.74. The van der Waals surface area contributed by atoms with Crippen LogP contribution in [-0.2, 0) is 29.9 Å². The first-order valence-electron chi connectivity index (χ1n) is 7.52. The molecule has 120 valence electrons. The number of benzene rings is 1. The molecule has 0 bridgehead atoms. The molecule has 22 heavy (non-hydrogen) atoms. The van der Waals surface area contributed by atoms with E-state index in [4.69, 9.17) is 0 Å². The lowest BCUT2D eigenvalue weighted by Gasteiger charge is -2.07. The number of sulfonamides is 1. The molecule has 0 aliphatic heterocycles. The van der Waals surface area contributed by atoms with Gasteiger partial charge in [0.2, 0.25) is 10.0 Å². The maximum absolute atomic E-state index is 12.0. The summed E-state index contributed by atoms with van der Waals surface area (Å²) in [6, 6.07) is 11.8. The third-order valence-electron chi connectivity index (χ3n) is 4.10. The number of hydrogen-bond donors (Lipinski definition) is 1. The van der Waals surface area contributed by atoms with Crippen LogP contribution in [0.15, 0.2) is 36.4 Å². The van der Waals surface area contributed by atoms with Crippen molar-refractivity contribution in [2.24, 2.45) is 7.05 Å². The Morgan fingerprint density at radius 3 is 2.36 bits per heavy atom. The van der Waals surface area contributed by atoms with E-state index < -0.39 is 10.0 Å². The van der Waals surface area contributed by atoms with Crippen LogP contribution >= 0.6 is 0 Å². The van der Waals surface area contributed by atoms with Crippen LogP contribution in [0.3, 0.4) is 0 Å². The summed E-state index contributed by atoms with van der Waals surface area (Å²) in [5.74, 6) is 0.129. The highest BCUT2D eigenvalue weighted by molar-refractivity contribution is 7.89. The molecule has 0 radical (unpaired) electrons. The normalized spacial score (nSPS) is 11.8. The molecule has 0 saturated heterocycles. The van der Waals surface area contributed by atoms with Crippen LogP contribution in [0.5, 0.6) is 0 Å². The number of nitrogens with one attached hydrogen (secondary N) is 1. The van der Waals surface area contributed by atoms with Crippen LogP contribution in [0.1, 0.15) is 22.5 Å². The largest absolute Gasteiger partial charge is 0.352 e. The van der Waals surface area contributed by atoms with Crippen LogP contribution in [0, 0.1) is 13.8 Å². The molecule has 1 aromatic carbocycles. The van der Waals surface area contributed by atoms with Crippen LogP contribution in [-0.4, -0.2) is 25.3 Å². The number of aromatic nitrogens is 1. The number of hydrogen-bond acceptors (Lipinski definition) is 2. The zero-order valence-corrected chi connectivity index (χ0v) is 14.3. The first kappa shape index (κ1) is 16.8. The van der Waals surface area contributed by atoms with Crippen molar-refractivity contribution >= 4 is 10.0 Å². The highest BCUT2D eigenvalue weighted by atomic mass is 32.2. The van der Waals surface area contributed by atoms with Gasteiger partial charge in [-0.15, -0.1) is 0 Å². The summed E-state index contributed by atoms with van der Waals surface area (Å²) < 4.78 is 28.9. The molecular formula is C17H24N2O2S. The van der Waals surface area contributed by atoms with Crippen LogP contribution in [0.4, 0.5) is 0 Å². The molecule has 5 heteroatoms. The fourth-order valence-electron chi connectivity index (χ4n) is 2.50. The van der Waals surface area contributed by atoms with E-state index >= 15 is 0 Å². The van der Waals surface area contributed by atoms with E-state index in [1.165, 1.54) is 17.0 Å². The Hall–Kier alpha value is -1.59. The maximum Gasteiger partial charge on any atom is 0.211 e. The van der Waals surface area contributed by atoms with Gasteiger partial charge >= 0.3 is 0 Å². The Labute approximate surface area is 133 Å². The van der Waals surface area contributed by atoms with Crippen LogP contribution < -0.4 is 4.72 Å². The van der Waals surface area contributed by atoms with Gasteiger partial charge in [-0.2, -0.15) is 0 Å². The monoisotopic (exact) mass is 320 g/mol. The van der Waals surface area contributed by atoms with E-state index in [0.717, 1.165) is 12.0 Å². The average molecular weight is 320 g/mol. The molecule has 0 fully saturated rings. The second-order valence-corrected chi connectivity index (χ2v) is 7.58. The molecule has 0 spiro atoms. The number of aryl methyl sites for hydroxylation is 2. The lowest BCUT2D eigenvalue weighted by atomic mass is 10.2. The summed E-state index contributed by atoms with van der Waals surface area (Å²) in [4.78, 5) is 0. The fraction of sp³-hybridized carbons (Fsp3) is 0.412. The van der Waals surface area contributed by atoms with Gasteiger partial charge in [0.25, 0.3) is 0 Å². The van der Waals surface area contributed by atoms with Gasteiger partial charge in [-0.3, -0.25) is 0 Å². The standard InChI is InChI=1S/C17H24N2O2S/c1-14-13-17(15(2)19(14)3)9-11-18-22(20,21)12-10-16-7-5-4-6-8-16/h4-8,13,18H,9-12H2,1-3H3. The summed E-state index contributed by atoms with van der Waals surface area (Å²) in [5.41, 5.74) is 4.63. The molecular weight excluding hydrogens is 296 g/mol. The zero-order chi connectivity index (χ0) is 16.2. The minimum absolute atomic E-state index is 0.129. The number of nitrogens with zero attached hydrogens (tertiary/aromatic N) is 1. The van der Waals surface area contributed by atoms with Crippen molar-refractivity contribution in [1.29, 1.82) is 0 Å². The zero-order valence-electron chi connectivity index (χ0n) is 13.5. The summed E-state index contributed by atoms with van der Waals surface area (Å²) in [7, 11) is -1.20. The van der Waals surface area contributed by atoms with Gasteiger partial charge in [-0.1, -0.05) is 30.3 Å². The summed E-state index contributed by atoms with van der Waals surface area (Å²) >= 11 is 0. The molecule has 0 atom stereocenters. The van der Waals surface area contributed by atoms with Gasteiger partial charge in [-0.25, -0.2) is 13.1 Å². The first-order chi connectivity index (χ1) is 10.4. The molecule has 1 N–H and O–H groups in total. The lowest BCUT2D eigenvalue weighted by Crippen LogP contribution is -2.29. The van der Waals surface area contributed by atoms with Crippen molar-refractivity contribution in [1.82, 2.24) is 9.29 Å². The molecule has 1 aromatic heterocycles. The van der Waals surface area contributed by atoms with E-state index in [2.05, 4.69) is 29.2 Å². The van der Waals surface area contributed by atoms with Gasteiger partial charge in [0, 0.05) is 25.0 Å². The Bertz CT molecular complexity index is 719. The molecule has 1 heterocycles. The van der Waals surface area contributed by atoms with E-state index in [1.54, 1.807) is 0 Å². The Morgan fingerprint density at radius 1 is 1.09 bits per heavy atom. The van der Waals surface area contributed by atoms with Gasteiger partial charge in [0.15, 0.2) is 0 Å². The van der Waals surface area contributed by atoms with Crippen LogP contribution in [0.25, 0.3) is 0 Å². The summed E-state index contributed by atoms with van der Waals surface area (Å²) in [6.07, 6.45) is 1.26. The minimum atomic E-state index is -3.22. The van der Waals surface area contributed by atoms with E-state index in [1.807, 2.05) is 37.4 Å². The van der Waals surface area contributed by atoms with Crippen molar-refractivity contribution in [2.75, 3.05) is 12.3 Å². The third kappa shape index (κ3) is 4.45. The van der Waals surface area contributed by atoms with Gasteiger partial charge in [0.05, 0.1) is 5.75 Å². The molecule has 0 saturated carbocycles. The second-order valence-electron chi connectivity index (χ2n) is 5.65. The smallest absolute Gasteiger partial charge is 0.211 e. The highest BCUT2D eigenvalue weighted by Gasteiger charge is 2.11. The van der Waals surface area contributed by atoms with Gasteiger partial charge in [-0.05, 0) is 43.9 Å². The predicted octanol–water partition coefficient (Wildman–Crippen LogP) is 2.35. The van der Waals surface area contributed by atoms with E-state index in [0.29, 0.717) is 13.0 Å². The van der Waals surface area contributed by atoms with Crippen molar-refractivity contribution in [3.05, 3.63) is 58.9 Å². The second kappa shape index (κ2) is 7.11. The molecule has 4 nitrogen and oxygen atoms in total. The van der Waals surface area contributed by atoms with Crippen molar-refractivity contribution in [3.8, 4) is 0 Å². The van der Waals surface area contributed by atoms with Crippen molar-refractivity contribution in [3.63, 3.8) is 0 Å². The van der Waals surface area contributed by atoms with Gasteiger partial charge < -0.3 is 4.57 Å². The Kier molecular flexibility index (Phi) is 5.42. The van der Waals surface area contributed by atoms with E-state index in [9.17, 15) is 8.42 Å². The SMILES string of the molecule is Cc1cc(CCNS(=O)(=O)CCc2ccccc2)c(C)n1C. The first-order valence-corrected chi connectivity index (χ1v) is 9.17. The summed E-state index contributed by atoms with van der Waals surface area (Å²) in [6.45, 7) is 4.56. The molecule has 0 amide bonds. The fourth-order valence-corrected chi connectivity index (χ4v) is 3.56. The minimum Gasteiger partial charge on any atom is -0.352 e. The summed E-state index contributed by atoms with van der Waals surface area (Å²) in [5, 5.41) is 0. The lowest BCUT2D eigenvalue weighted by molar-refractivity contribution is 0.580. The molecule has 0 unspecified atom stereocenters. The topological polar surface area (TPSA) is 51.1 Å². The maximum atomic E-state index is 12.0. The third-order valence-corrected chi connectivity index (χ3v) is 5.48. The van der Waals surface area contributed by atoms with Crippen molar-refractivity contribution in [2.45, 2.75) is 26.7 Å². The van der Waals surface area contributed by atoms with Crippen molar-refractivity contribution < 1.29 is 8.42 Å². The Balaban J connectivity index is 1.83. The quantitative estimate of drug-likeness (QED) is 0.851. The Morgan fingerprint density at radius 2 is 1.77 bits per heavy atom. The molecule has 2 rings (SSSR count). The number of rotatable bonds is 7. The van der Waals surface area contributed by atoms with E-state index in [-0.39, 0.29) is 5.75 Å². The highest BCUT2D eigenvalue weighted by Crippen LogP contribution is 2.13. The molecule has 0 aliphatic rings. The van der Waals surface area contributed by atoms with Gasteiger partial charge in [0.1, 0.15) is 0 Å². The molecule has 0 aliphatic carbocycles.